The molecule has 3 N–H and O–H groups in total. The number of nitrogens with zero attached hydrogens (tertiary/aromatic N) is 1. The van der Waals surface area contributed by atoms with E-state index in [1.54, 1.807) is 7.05 Å². The maximum atomic E-state index is 11.8. The maximum absolute atomic E-state index is 11.8. The van der Waals surface area contributed by atoms with E-state index in [0.717, 1.165) is 44.7 Å². The predicted octanol–water partition coefficient (Wildman–Crippen LogP) is 3.62. The number of hydrogen-bond donors (Lipinski definition) is 3. The van der Waals surface area contributed by atoms with E-state index in [4.69, 9.17) is 0 Å². The molecule has 0 aliphatic heterocycles. The average molecular weight is 500 g/mol. The van der Waals surface area contributed by atoms with Gasteiger partial charge in [0.25, 0.3) is 0 Å². The fraction of sp³-hybridized carbons (Fsp3) is 0.636. The number of rotatable bonds is 9. The number of hydrogen-bond acceptors (Lipinski definition) is 2. The van der Waals surface area contributed by atoms with Crippen molar-refractivity contribution < 1.29 is 4.79 Å². The van der Waals surface area contributed by atoms with Crippen LogP contribution in [0.5, 0.6) is 0 Å². The lowest BCUT2D eigenvalue weighted by molar-refractivity contribution is -0.127. The molecule has 0 radical (unpaired) electrons. The summed E-state index contributed by atoms with van der Waals surface area (Å²) < 4.78 is 0. The van der Waals surface area contributed by atoms with E-state index >= 15 is 0 Å². The van der Waals surface area contributed by atoms with Gasteiger partial charge in [-0.2, -0.15) is 0 Å². The van der Waals surface area contributed by atoms with Crippen molar-refractivity contribution in [3.05, 3.63) is 35.4 Å². The van der Waals surface area contributed by atoms with Crippen molar-refractivity contribution in [1.29, 1.82) is 0 Å². The summed E-state index contributed by atoms with van der Waals surface area (Å²) in [5.74, 6) is 1.29. The molecule has 6 heteroatoms. The van der Waals surface area contributed by atoms with Gasteiger partial charge in [-0.1, -0.05) is 51.5 Å². The molecule has 1 amide bonds. The Morgan fingerprint density at radius 3 is 2.29 bits per heavy atom. The molecular weight excluding hydrogens is 463 g/mol. The highest BCUT2D eigenvalue weighted by molar-refractivity contribution is 14.0. The SMILES string of the molecule is CCc1ccc(C(C)(C)CNC(=NC)NCCCNC(=O)C2CCC2)cc1.I. The Morgan fingerprint density at radius 1 is 1.11 bits per heavy atom. The molecular formula is C22H37IN4O. The van der Waals surface area contributed by atoms with Crippen LogP contribution in [-0.4, -0.2) is 38.5 Å². The lowest BCUT2D eigenvalue weighted by Crippen LogP contribution is -2.44. The van der Waals surface area contributed by atoms with Crippen LogP contribution in [-0.2, 0) is 16.6 Å². The van der Waals surface area contributed by atoms with Crippen molar-refractivity contribution in [3.8, 4) is 0 Å². The summed E-state index contributed by atoms with van der Waals surface area (Å²) in [6.07, 6.45) is 5.26. The van der Waals surface area contributed by atoms with Crippen LogP contribution in [0.4, 0.5) is 0 Å². The van der Waals surface area contributed by atoms with Gasteiger partial charge in [-0.25, -0.2) is 0 Å². The van der Waals surface area contributed by atoms with Crippen LogP contribution in [0.1, 0.15) is 57.6 Å². The van der Waals surface area contributed by atoms with E-state index in [-0.39, 0.29) is 41.2 Å². The zero-order valence-electron chi connectivity index (χ0n) is 17.8. The van der Waals surface area contributed by atoms with Crippen LogP contribution in [0.25, 0.3) is 0 Å². The maximum Gasteiger partial charge on any atom is 0.223 e. The zero-order valence-corrected chi connectivity index (χ0v) is 20.1. The third-order valence-corrected chi connectivity index (χ3v) is 5.49. The van der Waals surface area contributed by atoms with Crippen LogP contribution in [0, 0.1) is 5.92 Å². The molecule has 1 aliphatic carbocycles. The van der Waals surface area contributed by atoms with Crippen molar-refractivity contribution in [3.63, 3.8) is 0 Å². The van der Waals surface area contributed by atoms with Crippen LogP contribution >= 0.6 is 24.0 Å². The van der Waals surface area contributed by atoms with Crippen molar-refractivity contribution in [2.45, 2.75) is 58.3 Å². The van der Waals surface area contributed by atoms with Gasteiger partial charge in [0.15, 0.2) is 5.96 Å². The second-order valence-electron chi connectivity index (χ2n) is 8.06. The highest BCUT2D eigenvalue weighted by Crippen LogP contribution is 2.26. The lowest BCUT2D eigenvalue weighted by Gasteiger charge is -2.27. The topological polar surface area (TPSA) is 65.5 Å². The highest BCUT2D eigenvalue weighted by Gasteiger charge is 2.24. The number of guanidine groups is 1. The van der Waals surface area contributed by atoms with Gasteiger partial charge in [0.2, 0.25) is 5.91 Å². The minimum atomic E-state index is 0. The fourth-order valence-electron chi connectivity index (χ4n) is 3.14. The second kappa shape index (κ2) is 12.3. The summed E-state index contributed by atoms with van der Waals surface area (Å²) in [6.45, 7) is 8.96. The highest BCUT2D eigenvalue weighted by atomic mass is 127. The molecule has 1 aromatic carbocycles. The molecule has 28 heavy (non-hydrogen) atoms. The molecule has 0 bridgehead atoms. The quantitative estimate of drug-likeness (QED) is 0.210. The monoisotopic (exact) mass is 500 g/mol. The smallest absolute Gasteiger partial charge is 0.223 e. The first-order valence-corrected chi connectivity index (χ1v) is 10.3. The summed E-state index contributed by atoms with van der Waals surface area (Å²) in [5, 5.41) is 9.78. The Hall–Kier alpha value is -1.31. The minimum Gasteiger partial charge on any atom is -0.356 e. The number of aryl methyl sites for hydroxylation is 1. The fourth-order valence-corrected chi connectivity index (χ4v) is 3.14. The van der Waals surface area contributed by atoms with E-state index < -0.39 is 0 Å². The summed E-state index contributed by atoms with van der Waals surface area (Å²) in [7, 11) is 1.79. The summed E-state index contributed by atoms with van der Waals surface area (Å²) >= 11 is 0. The molecule has 158 valence electrons. The molecule has 1 saturated carbocycles. The van der Waals surface area contributed by atoms with E-state index in [9.17, 15) is 4.79 Å². The third kappa shape index (κ3) is 7.60. The first kappa shape index (κ1) is 24.7. The average Bonchev–Trinajstić information content (AvgIpc) is 2.62. The summed E-state index contributed by atoms with van der Waals surface area (Å²) in [4.78, 5) is 16.1. The molecule has 5 nitrogen and oxygen atoms in total. The Morgan fingerprint density at radius 2 is 1.75 bits per heavy atom. The van der Waals surface area contributed by atoms with Gasteiger partial charge in [-0.05, 0) is 36.8 Å². The Labute approximate surface area is 187 Å². The molecule has 0 saturated heterocycles. The first-order chi connectivity index (χ1) is 13.0. The summed E-state index contributed by atoms with van der Waals surface area (Å²) in [6, 6.07) is 8.87. The van der Waals surface area contributed by atoms with Gasteiger partial charge in [-0.15, -0.1) is 24.0 Å². The van der Waals surface area contributed by atoms with Crippen molar-refractivity contribution >= 4 is 35.8 Å². The van der Waals surface area contributed by atoms with Gasteiger partial charge in [0.05, 0.1) is 0 Å². The van der Waals surface area contributed by atoms with E-state index in [0.29, 0.717) is 6.54 Å². The molecule has 0 spiro atoms. The normalized spacial score (nSPS) is 14.6. The van der Waals surface area contributed by atoms with Crippen LogP contribution in [0.2, 0.25) is 0 Å². The third-order valence-electron chi connectivity index (χ3n) is 5.49. The largest absolute Gasteiger partial charge is 0.356 e. The number of amides is 1. The van der Waals surface area contributed by atoms with Crippen LogP contribution in [0.15, 0.2) is 29.3 Å². The molecule has 1 aliphatic rings. The van der Waals surface area contributed by atoms with Gasteiger partial charge in [-0.3, -0.25) is 9.79 Å². The minimum absolute atomic E-state index is 0. The van der Waals surface area contributed by atoms with Crippen LogP contribution < -0.4 is 16.0 Å². The molecule has 0 atom stereocenters. The first-order valence-electron chi connectivity index (χ1n) is 10.3. The zero-order chi connectivity index (χ0) is 19.7. The molecule has 0 unspecified atom stereocenters. The van der Waals surface area contributed by atoms with E-state index in [1.165, 1.54) is 17.5 Å². The Balaban J connectivity index is 0.00000392. The van der Waals surface area contributed by atoms with Gasteiger partial charge < -0.3 is 16.0 Å². The van der Waals surface area contributed by atoms with Gasteiger partial charge in [0, 0.05) is 38.0 Å². The molecule has 2 rings (SSSR count). The molecule has 0 aromatic heterocycles. The summed E-state index contributed by atoms with van der Waals surface area (Å²) in [5.41, 5.74) is 2.70. The standard InChI is InChI=1S/C22H36N4O.HI/c1-5-17-10-12-19(13-11-17)22(2,3)16-26-21(23-4)25-15-7-14-24-20(27)18-8-6-9-18;/h10-13,18H,5-9,14-16H2,1-4H3,(H,24,27)(H2,23,25,26);1H. The number of carbonyl (C=O) groups excluding carboxylic acids is 1. The van der Waals surface area contributed by atoms with Crippen LogP contribution in [0.3, 0.4) is 0 Å². The molecule has 1 fully saturated rings. The number of nitrogens with one attached hydrogen (secondary N) is 3. The number of aliphatic imine (C=N–C) groups is 1. The molecule has 1 aromatic rings. The van der Waals surface area contributed by atoms with Gasteiger partial charge >= 0.3 is 0 Å². The van der Waals surface area contributed by atoms with E-state index in [1.807, 2.05) is 0 Å². The van der Waals surface area contributed by atoms with Crippen molar-refractivity contribution in [2.24, 2.45) is 10.9 Å². The lowest BCUT2D eigenvalue weighted by atomic mass is 9.84. The number of halogens is 1. The molecule has 0 heterocycles. The Bertz CT molecular complexity index is 624. The van der Waals surface area contributed by atoms with Gasteiger partial charge in [0.1, 0.15) is 0 Å². The predicted molar refractivity (Wildman–Crippen MR) is 129 cm³/mol. The van der Waals surface area contributed by atoms with E-state index in [2.05, 4.69) is 66.0 Å². The number of carbonyl (C=O) groups is 1. The van der Waals surface area contributed by atoms with Crippen molar-refractivity contribution in [2.75, 3.05) is 26.7 Å². The second-order valence-corrected chi connectivity index (χ2v) is 8.06. The Kier molecular flexibility index (Phi) is 10.9. The number of benzene rings is 1. The van der Waals surface area contributed by atoms with Crippen molar-refractivity contribution in [1.82, 2.24) is 16.0 Å².